The second kappa shape index (κ2) is 6.02. The van der Waals surface area contributed by atoms with Crippen LogP contribution in [0.2, 0.25) is 0 Å². The van der Waals surface area contributed by atoms with Gasteiger partial charge in [-0.1, -0.05) is 12.1 Å². The second-order valence-corrected chi connectivity index (χ2v) is 3.84. The van der Waals surface area contributed by atoms with E-state index in [0.29, 0.717) is 0 Å². The predicted molar refractivity (Wildman–Crippen MR) is 62.2 cm³/mol. The molecular weight excluding hydrogens is 269 g/mol. The zero-order chi connectivity index (χ0) is 13.8. The van der Waals surface area contributed by atoms with Crippen LogP contribution in [0.25, 0.3) is 6.08 Å². The number of halogens is 4. The number of alkyl halides is 3. The van der Waals surface area contributed by atoms with Crippen LogP contribution in [0.3, 0.4) is 0 Å². The summed E-state index contributed by atoms with van der Waals surface area (Å²) in [5.74, 6) is 0. The van der Waals surface area contributed by atoms with Gasteiger partial charge in [-0.2, -0.15) is 13.2 Å². The van der Waals surface area contributed by atoms with E-state index in [-0.39, 0.29) is 17.7 Å². The van der Waals surface area contributed by atoms with Gasteiger partial charge in [0.1, 0.15) is 0 Å². The third-order valence-corrected chi connectivity index (χ3v) is 2.35. The van der Waals surface area contributed by atoms with Crippen molar-refractivity contribution in [2.75, 3.05) is 13.7 Å². The largest absolute Gasteiger partial charge is 0.416 e. The van der Waals surface area contributed by atoms with Crippen molar-refractivity contribution in [3.8, 4) is 0 Å². The molecule has 0 bridgehead atoms. The van der Waals surface area contributed by atoms with Crippen LogP contribution in [0.5, 0.6) is 0 Å². The predicted octanol–water partition coefficient (Wildman–Crippen LogP) is 3.50. The Bertz CT molecular complexity index is 467. The maximum Gasteiger partial charge on any atom is 0.416 e. The van der Waals surface area contributed by atoms with Crippen LogP contribution in [0, 0.1) is 0 Å². The van der Waals surface area contributed by atoms with Crippen LogP contribution in [0.4, 0.5) is 13.2 Å². The van der Waals surface area contributed by atoms with Crippen molar-refractivity contribution in [1.82, 2.24) is 0 Å². The van der Waals surface area contributed by atoms with Gasteiger partial charge in [-0.15, -0.1) is 0 Å². The second-order valence-electron chi connectivity index (χ2n) is 3.50. The zero-order valence-electron chi connectivity index (χ0n) is 9.42. The molecule has 0 saturated heterocycles. The molecule has 0 heterocycles. The highest BCUT2D eigenvalue weighted by Gasteiger charge is 2.30. The van der Waals surface area contributed by atoms with Crippen molar-refractivity contribution in [3.05, 3.63) is 41.0 Å². The molecule has 18 heavy (non-hydrogen) atoms. The SMILES string of the molecule is COCC(=Cc1cccc(C(F)(F)F)c1)C(=O)Cl. The van der Waals surface area contributed by atoms with Gasteiger partial charge in [0.15, 0.2) is 0 Å². The summed E-state index contributed by atoms with van der Waals surface area (Å²) in [6, 6.07) is 4.61. The summed E-state index contributed by atoms with van der Waals surface area (Å²) >= 11 is 5.29. The standard InChI is InChI=1S/C12H10ClF3O2/c1-18-7-9(11(13)17)5-8-3-2-4-10(6-8)12(14,15)16/h2-6H,7H2,1H3. The summed E-state index contributed by atoms with van der Waals surface area (Å²) in [5, 5.41) is -0.755. The molecule has 0 aromatic heterocycles. The average Bonchev–Trinajstić information content (AvgIpc) is 2.27. The molecule has 1 aromatic carbocycles. The van der Waals surface area contributed by atoms with Crippen LogP contribution >= 0.6 is 11.6 Å². The zero-order valence-corrected chi connectivity index (χ0v) is 10.2. The van der Waals surface area contributed by atoms with Crippen LogP contribution in [0.1, 0.15) is 11.1 Å². The molecule has 0 fully saturated rings. The third kappa shape index (κ3) is 4.16. The highest BCUT2D eigenvalue weighted by atomic mass is 35.5. The average molecular weight is 279 g/mol. The molecular formula is C12H10ClF3O2. The van der Waals surface area contributed by atoms with Gasteiger partial charge in [0.2, 0.25) is 0 Å². The fourth-order valence-corrected chi connectivity index (χ4v) is 1.43. The van der Waals surface area contributed by atoms with E-state index in [1.54, 1.807) is 0 Å². The summed E-state index contributed by atoms with van der Waals surface area (Å²) in [6.45, 7) is -0.0570. The maximum absolute atomic E-state index is 12.5. The van der Waals surface area contributed by atoms with Crippen molar-refractivity contribution in [2.24, 2.45) is 0 Å². The Hall–Kier alpha value is -1.33. The molecule has 0 N–H and O–H groups in total. The first-order valence-electron chi connectivity index (χ1n) is 4.91. The lowest BCUT2D eigenvalue weighted by Crippen LogP contribution is -2.05. The Morgan fingerprint density at radius 2 is 2.11 bits per heavy atom. The first kappa shape index (κ1) is 14.7. The summed E-state index contributed by atoms with van der Waals surface area (Å²) in [5.41, 5.74) is -0.445. The third-order valence-electron chi connectivity index (χ3n) is 2.11. The molecule has 0 aliphatic heterocycles. The Kier molecular flexibility index (Phi) is 4.93. The van der Waals surface area contributed by atoms with Crippen molar-refractivity contribution >= 4 is 22.9 Å². The number of hydrogen-bond acceptors (Lipinski definition) is 2. The van der Waals surface area contributed by atoms with E-state index < -0.39 is 17.0 Å². The number of carbonyl (C=O) groups is 1. The molecule has 1 rings (SSSR count). The molecule has 0 saturated carbocycles. The van der Waals surface area contributed by atoms with Gasteiger partial charge >= 0.3 is 6.18 Å². The van der Waals surface area contributed by atoms with E-state index in [1.807, 2.05) is 0 Å². The minimum absolute atomic E-state index is 0.0570. The molecule has 98 valence electrons. The van der Waals surface area contributed by atoms with E-state index in [1.165, 1.54) is 25.3 Å². The summed E-state index contributed by atoms with van der Waals surface area (Å²) in [4.78, 5) is 11.0. The normalized spacial score (nSPS) is 12.6. The van der Waals surface area contributed by atoms with Crippen LogP contribution in [-0.2, 0) is 15.7 Å². The number of methoxy groups -OCH3 is 1. The fraction of sp³-hybridized carbons (Fsp3) is 0.250. The van der Waals surface area contributed by atoms with E-state index >= 15 is 0 Å². The van der Waals surface area contributed by atoms with Gasteiger partial charge in [-0.05, 0) is 35.4 Å². The molecule has 2 nitrogen and oxygen atoms in total. The molecule has 0 radical (unpaired) electrons. The Morgan fingerprint density at radius 3 is 2.61 bits per heavy atom. The van der Waals surface area contributed by atoms with Crippen LogP contribution in [-0.4, -0.2) is 19.0 Å². The van der Waals surface area contributed by atoms with Crippen molar-refractivity contribution in [3.63, 3.8) is 0 Å². The first-order valence-corrected chi connectivity index (χ1v) is 5.29. The van der Waals surface area contributed by atoms with E-state index in [4.69, 9.17) is 16.3 Å². The van der Waals surface area contributed by atoms with E-state index in [0.717, 1.165) is 12.1 Å². The molecule has 0 spiro atoms. The van der Waals surface area contributed by atoms with Gasteiger partial charge in [0.05, 0.1) is 12.2 Å². The fourth-order valence-electron chi connectivity index (χ4n) is 1.32. The summed E-state index contributed by atoms with van der Waals surface area (Å²) in [6.07, 6.45) is -3.15. The Balaban J connectivity index is 3.10. The topological polar surface area (TPSA) is 26.3 Å². The number of hydrogen-bond donors (Lipinski definition) is 0. The molecule has 1 aromatic rings. The number of ether oxygens (including phenoxy) is 1. The maximum atomic E-state index is 12.5. The number of carbonyl (C=O) groups excluding carboxylic acids is 1. The number of benzene rings is 1. The highest BCUT2D eigenvalue weighted by Crippen LogP contribution is 2.30. The van der Waals surface area contributed by atoms with Gasteiger partial charge < -0.3 is 4.74 Å². The van der Waals surface area contributed by atoms with Crippen molar-refractivity contribution in [2.45, 2.75) is 6.18 Å². The van der Waals surface area contributed by atoms with Crippen molar-refractivity contribution in [1.29, 1.82) is 0 Å². The minimum Gasteiger partial charge on any atom is -0.380 e. The Morgan fingerprint density at radius 1 is 1.44 bits per heavy atom. The molecule has 0 aliphatic rings. The van der Waals surface area contributed by atoms with Crippen LogP contribution in [0.15, 0.2) is 29.8 Å². The summed E-state index contributed by atoms with van der Waals surface area (Å²) < 4.78 is 42.2. The smallest absolute Gasteiger partial charge is 0.380 e. The van der Waals surface area contributed by atoms with E-state index in [9.17, 15) is 18.0 Å². The molecule has 0 aliphatic carbocycles. The molecule has 0 unspecified atom stereocenters. The highest BCUT2D eigenvalue weighted by molar-refractivity contribution is 6.68. The van der Waals surface area contributed by atoms with Gasteiger partial charge in [-0.25, -0.2) is 0 Å². The molecule has 6 heteroatoms. The molecule has 0 amide bonds. The lowest BCUT2D eigenvalue weighted by Gasteiger charge is -2.07. The van der Waals surface area contributed by atoms with Gasteiger partial charge in [0, 0.05) is 12.7 Å². The lowest BCUT2D eigenvalue weighted by atomic mass is 10.1. The van der Waals surface area contributed by atoms with E-state index in [2.05, 4.69) is 0 Å². The molecule has 0 atom stereocenters. The quantitative estimate of drug-likeness (QED) is 0.622. The van der Waals surface area contributed by atoms with Gasteiger partial charge in [-0.3, -0.25) is 4.79 Å². The first-order chi connectivity index (χ1) is 8.34. The summed E-state index contributed by atoms with van der Waals surface area (Å²) in [7, 11) is 1.36. The minimum atomic E-state index is -4.42. The monoisotopic (exact) mass is 278 g/mol. The van der Waals surface area contributed by atoms with Crippen molar-refractivity contribution < 1.29 is 22.7 Å². The van der Waals surface area contributed by atoms with Gasteiger partial charge in [0.25, 0.3) is 5.24 Å². The number of rotatable bonds is 4. The Labute approximate surface area is 107 Å². The van der Waals surface area contributed by atoms with Crippen LogP contribution < -0.4 is 0 Å². The lowest BCUT2D eigenvalue weighted by molar-refractivity contribution is -0.137.